The maximum Gasteiger partial charge on any atom is 0.258 e. The fraction of sp³-hybridized carbons (Fsp3) is 0.364. The van der Waals surface area contributed by atoms with E-state index in [1.807, 2.05) is 30.3 Å². The Bertz CT molecular complexity index is 756. The van der Waals surface area contributed by atoms with Gasteiger partial charge in [0.2, 0.25) is 5.91 Å². The van der Waals surface area contributed by atoms with Gasteiger partial charge in [0.1, 0.15) is 5.75 Å². The van der Waals surface area contributed by atoms with Gasteiger partial charge in [-0.1, -0.05) is 42.5 Å². The second-order valence-corrected chi connectivity index (χ2v) is 6.95. The van der Waals surface area contributed by atoms with Gasteiger partial charge in [0.25, 0.3) is 5.91 Å². The SMILES string of the molecule is O=C(CNC(=O)COc1ccccc1)NCc1ccc(CN2CCCC2)cc1. The summed E-state index contributed by atoms with van der Waals surface area (Å²) in [6, 6.07) is 17.4. The van der Waals surface area contributed by atoms with Crippen LogP contribution in [0.1, 0.15) is 24.0 Å². The van der Waals surface area contributed by atoms with Crippen LogP contribution in [0.4, 0.5) is 0 Å². The molecule has 0 atom stereocenters. The van der Waals surface area contributed by atoms with E-state index in [4.69, 9.17) is 4.74 Å². The molecule has 0 bridgehead atoms. The lowest BCUT2D eigenvalue weighted by Gasteiger charge is -2.14. The lowest BCUT2D eigenvalue weighted by atomic mass is 10.1. The van der Waals surface area contributed by atoms with Crippen LogP contribution in [-0.4, -0.2) is 43.0 Å². The first kappa shape index (κ1) is 19.9. The van der Waals surface area contributed by atoms with Crippen molar-refractivity contribution in [1.29, 1.82) is 0 Å². The molecule has 2 amide bonds. The summed E-state index contributed by atoms with van der Waals surface area (Å²) in [5, 5.41) is 5.37. The Morgan fingerprint density at radius 2 is 1.54 bits per heavy atom. The fourth-order valence-corrected chi connectivity index (χ4v) is 3.12. The summed E-state index contributed by atoms with van der Waals surface area (Å²) in [5.74, 6) is 0.0646. The molecule has 1 saturated heterocycles. The van der Waals surface area contributed by atoms with E-state index in [0.29, 0.717) is 12.3 Å². The molecule has 0 radical (unpaired) electrons. The van der Waals surface area contributed by atoms with Crippen molar-refractivity contribution in [2.24, 2.45) is 0 Å². The molecule has 148 valence electrons. The predicted molar refractivity (Wildman–Crippen MR) is 108 cm³/mol. The van der Waals surface area contributed by atoms with Crippen LogP contribution in [0.25, 0.3) is 0 Å². The van der Waals surface area contributed by atoms with Crippen molar-refractivity contribution in [3.63, 3.8) is 0 Å². The van der Waals surface area contributed by atoms with E-state index in [1.165, 1.54) is 31.5 Å². The summed E-state index contributed by atoms with van der Waals surface area (Å²) in [6.07, 6.45) is 2.58. The molecule has 1 aliphatic rings. The molecule has 28 heavy (non-hydrogen) atoms. The van der Waals surface area contributed by atoms with Crippen LogP contribution in [0, 0.1) is 0 Å². The number of nitrogens with one attached hydrogen (secondary N) is 2. The van der Waals surface area contributed by atoms with Gasteiger partial charge < -0.3 is 15.4 Å². The van der Waals surface area contributed by atoms with Crippen molar-refractivity contribution < 1.29 is 14.3 Å². The topological polar surface area (TPSA) is 70.7 Å². The van der Waals surface area contributed by atoms with Gasteiger partial charge in [0.15, 0.2) is 6.61 Å². The van der Waals surface area contributed by atoms with Gasteiger partial charge in [0.05, 0.1) is 6.54 Å². The van der Waals surface area contributed by atoms with Crippen LogP contribution in [-0.2, 0) is 22.7 Å². The molecule has 1 heterocycles. The number of carbonyl (C=O) groups excluding carboxylic acids is 2. The predicted octanol–water partition coefficient (Wildman–Crippen LogP) is 2.09. The Morgan fingerprint density at radius 1 is 0.857 bits per heavy atom. The van der Waals surface area contributed by atoms with Gasteiger partial charge in [-0.2, -0.15) is 0 Å². The number of likely N-dealkylation sites (tertiary alicyclic amines) is 1. The zero-order valence-electron chi connectivity index (χ0n) is 16.0. The molecular formula is C22H27N3O3. The van der Waals surface area contributed by atoms with E-state index < -0.39 is 0 Å². The van der Waals surface area contributed by atoms with Gasteiger partial charge >= 0.3 is 0 Å². The summed E-state index contributed by atoms with van der Waals surface area (Å²) in [6.45, 7) is 3.61. The van der Waals surface area contributed by atoms with Crippen molar-refractivity contribution in [3.05, 3.63) is 65.7 Å². The first-order valence-corrected chi connectivity index (χ1v) is 9.70. The number of amides is 2. The van der Waals surface area contributed by atoms with Crippen LogP contribution in [0.15, 0.2) is 54.6 Å². The van der Waals surface area contributed by atoms with Gasteiger partial charge in [0, 0.05) is 13.1 Å². The van der Waals surface area contributed by atoms with Crippen molar-refractivity contribution in [2.75, 3.05) is 26.2 Å². The third-order valence-electron chi connectivity index (χ3n) is 4.68. The Hall–Kier alpha value is -2.86. The summed E-state index contributed by atoms with van der Waals surface area (Å²) < 4.78 is 5.34. The fourth-order valence-electron chi connectivity index (χ4n) is 3.12. The summed E-state index contributed by atoms with van der Waals surface area (Å²) in [7, 11) is 0. The summed E-state index contributed by atoms with van der Waals surface area (Å²) in [4.78, 5) is 26.1. The highest BCUT2D eigenvalue weighted by molar-refractivity contribution is 5.85. The first-order valence-electron chi connectivity index (χ1n) is 9.70. The van der Waals surface area contributed by atoms with Crippen LogP contribution >= 0.6 is 0 Å². The highest BCUT2D eigenvalue weighted by Crippen LogP contribution is 2.13. The van der Waals surface area contributed by atoms with Crippen LogP contribution in [0.2, 0.25) is 0 Å². The zero-order chi connectivity index (χ0) is 19.6. The number of hydrogen-bond donors (Lipinski definition) is 2. The molecule has 0 spiro atoms. The maximum atomic E-state index is 11.9. The summed E-state index contributed by atoms with van der Waals surface area (Å²) >= 11 is 0. The number of hydrogen-bond acceptors (Lipinski definition) is 4. The van der Waals surface area contributed by atoms with E-state index in [0.717, 1.165) is 12.1 Å². The number of carbonyl (C=O) groups is 2. The number of nitrogens with zero attached hydrogens (tertiary/aromatic N) is 1. The average molecular weight is 381 g/mol. The number of ether oxygens (including phenoxy) is 1. The Kier molecular flexibility index (Phi) is 7.44. The van der Waals surface area contributed by atoms with Gasteiger partial charge in [-0.3, -0.25) is 14.5 Å². The Labute approximate surface area is 165 Å². The molecule has 0 saturated carbocycles. The molecule has 0 aromatic heterocycles. The third kappa shape index (κ3) is 6.70. The standard InChI is InChI=1S/C22H27N3O3/c26-21(15-24-22(27)17-28-20-6-2-1-3-7-20)23-14-18-8-10-19(11-9-18)16-25-12-4-5-13-25/h1-3,6-11H,4-5,12-17H2,(H,23,26)(H,24,27). The molecule has 2 aromatic carbocycles. The maximum absolute atomic E-state index is 11.9. The van der Waals surface area contributed by atoms with Gasteiger partial charge in [-0.25, -0.2) is 0 Å². The van der Waals surface area contributed by atoms with Crippen molar-refractivity contribution >= 4 is 11.8 Å². The van der Waals surface area contributed by atoms with E-state index >= 15 is 0 Å². The smallest absolute Gasteiger partial charge is 0.258 e. The van der Waals surface area contributed by atoms with E-state index in [-0.39, 0.29) is 25.0 Å². The second-order valence-electron chi connectivity index (χ2n) is 6.95. The first-order chi connectivity index (χ1) is 13.7. The lowest BCUT2D eigenvalue weighted by Crippen LogP contribution is -2.38. The Balaban J connectivity index is 1.31. The zero-order valence-corrected chi connectivity index (χ0v) is 16.0. The molecule has 2 N–H and O–H groups in total. The van der Waals surface area contributed by atoms with Crippen LogP contribution in [0.3, 0.4) is 0 Å². The number of benzene rings is 2. The highest BCUT2D eigenvalue weighted by atomic mass is 16.5. The van der Waals surface area contributed by atoms with Crippen molar-refractivity contribution in [3.8, 4) is 5.75 Å². The second kappa shape index (κ2) is 10.5. The number of rotatable bonds is 9. The van der Waals surface area contributed by atoms with E-state index in [9.17, 15) is 9.59 Å². The highest BCUT2D eigenvalue weighted by Gasteiger charge is 2.11. The number of para-hydroxylation sites is 1. The van der Waals surface area contributed by atoms with Crippen molar-refractivity contribution in [1.82, 2.24) is 15.5 Å². The average Bonchev–Trinajstić information content (AvgIpc) is 3.24. The van der Waals surface area contributed by atoms with Crippen LogP contribution < -0.4 is 15.4 Å². The largest absolute Gasteiger partial charge is 0.484 e. The third-order valence-corrected chi connectivity index (χ3v) is 4.68. The van der Waals surface area contributed by atoms with Crippen LogP contribution in [0.5, 0.6) is 5.75 Å². The minimum Gasteiger partial charge on any atom is -0.484 e. The normalized spacial score (nSPS) is 13.9. The van der Waals surface area contributed by atoms with E-state index in [2.05, 4.69) is 27.7 Å². The minimum atomic E-state index is -0.328. The lowest BCUT2D eigenvalue weighted by molar-refractivity contribution is -0.127. The molecule has 0 aliphatic carbocycles. The molecule has 6 heteroatoms. The van der Waals surface area contributed by atoms with Crippen molar-refractivity contribution in [2.45, 2.75) is 25.9 Å². The quantitative estimate of drug-likeness (QED) is 0.698. The molecule has 3 rings (SSSR count). The molecular weight excluding hydrogens is 354 g/mol. The molecule has 2 aromatic rings. The van der Waals surface area contributed by atoms with Gasteiger partial charge in [-0.15, -0.1) is 0 Å². The molecule has 1 fully saturated rings. The summed E-state index contributed by atoms with van der Waals surface area (Å²) in [5.41, 5.74) is 2.33. The molecule has 6 nitrogen and oxygen atoms in total. The Morgan fingerprint density at radius 3 is 2.25 bits per heavy atom. The molecule has 0 unspecified atom stereocenters. The minimum absolute atomic E-state index is 0.0654. The van der Waals surface area contributed by atoms with E-state index in [1.54, 1.807) is 12.1 Å². The van der Waals surface area contributed by atoms with Gasteiger partial charge in [-0.05, 0) is 49.2 Å². The molecule has 1 aliphatic heterocycles. The monoisotopic (exact) mass is 381 g/mol.